The van der Waals surface area contributed by atoms with Crippen LogP contribution in [-0.2, 0) is 29.8 Å². The van der Waals surface area contributed by atoms with Crippen LogP contribution in [0.3, 0.4) is 0 Å². The lowest BCUT2D eigenvalue weighted by Crippen LogP contribution is -2.14. The minimum absolute atomic E-state index is 0.0491. The maximum absolute atomic E-state index is 12.6. The molecule has 0 amide bonds. The van der Waals surface area contributed by atoms with E-state index in [1.807, 2.05) is 13.8 Å². The summed E-state index contributed by atoms with van der Waals surface area (Å²) in [6.45, 7) is 4.97. The highest BCUT2D eigenvalue weighted by Crippen LogP contribution is 2.40. The molecule has 0 radical (unpaired) electrons. The molecule has 0 saturated heterocycles. The lowest BCUT2D eigenvalue weighted by molar-refractivity contribution is -0.137. The second kappa shape index (κ2) is 14.3. The van der Waals surface area contributed by atoms with Gasteiger partial charge in [-0.05, 0) is 50.1 Å². The molecule has 2 rings (SSSR count). The summed E-state index contributed by atoms with van der Waals surface area (Å²) in [6, 6.07) is 12.9. The summed E-state index contributed by atoms with van der Waals surface area (Å²) in [5.41, 5.74) is 0.924. The highest BCUT2D eigenvalue weighted by molar-refractivity contribution is 7.41. The lowest BCUT2D eigenvalue weighted by Gasteiger charge is -2.15. The predicted octanol–water partition coefficient (Wildman–Crippen LogP) is 4.88. The molecule has 0 spiro atoms. The maximum atomic E-state index is 12.6. The number of carboxylic acids is 1. The zero-order chi connectivity index (χ0) is 24.1. The van der Waals surface area contributed by atoms with Gasteiger partial charge in [0.1, 0.15) is 17.1 Å². The van der Waals surface area contributed by atoms with Gasteiger partial charge in [-0.1, -0.05) is 24.3 Å². The number of rotatable bonds is 14. The van der Waals surface area contributed by atoms with Crippen LogP contribution >= 0.6 is 8.60 Å². The van der Waals surface area contributed by atoms with Crippen molar-refractivity contribution in [2.75, 3.05) is 13.2 Å². The number of benzene rings is 2. The topological polar surface area (TPSA) is 118 Å². The van der Waals surface area contributed by atoms with Crippen LogP contribution in [-0.4, -0.2) is 36.2 Å². The largest absolute Gasteiger partial charge is 0.481 e. The molecular weight excluding hydrogens is 451 g/mol. The van der Waals surface area contributed by atoms with Crippen molar-refractivity contribution in [1.29, 1.82) is 0 Å². The molecule has 10 heteroatoms. The van der Waals surface area contributed by atoms with Crippen LogP contribution in [0.2, 0.25) is 0 Å². The molecule has 9 nitrogen and oxygen atoms in total. The first kappa shape index (κ1) is 26.4. The number of carbonyl (C=O) groups excluding carboxylic acids is 2. The van der Waals surface area contributed by atoms with Gasteiger partial charge in [-0.15, -0.1) is 0 Å². The van der Waals surface area contributed by atoms with E-state index in [2.05, 4.69) is 0 Å². The Hall–Kier alpha value is -2.84. The van der Waals surface area contributed by atoms with Gasteiger partial charge in [-0.25, -0.2) is 4.79 Å². The summed E-state index contributed by atoms with van der Waals surface area (Å²) in [7, 11) is -1.41. The van der Waals surface area contributed by atoms with Crippen LogP contribution in [0.1, 0.15) is 49.0 Å². The number of para-hydroxylation sites is 1. The van der Waals surface area contributed by atoms with Gasteiger partial charge in [-0.2, -0.15) is 0 Å². The number of aliphatic carboxylic acids is 1. The van der Waals surface area contributed by atoms with Gasteiger partial charge in [0.15, 0.2) is 0 Å². The average Bonchev–Trinajstić information content (AvgIpc) is 2.79. The van der Waals surface area contributed by atoms with Crippen LogP contribution in [0.15, 0.2) is 48.5 Å². The van der Waals surface area contributed by atoms with Crippen molar-refractivity contribution >= 4 is 26.5 Å². The smallest absolute Gasteiger partial charge is 0.347 e. The van der Waals surface area contributed by atoms with E-state index in [9.17, 15) is 14.4 Å². The van der Waals surface area contributed by atoms with Crippen LogP contribution in [0.4, 0.5) is 0 Å². The Bertz CT molecular complexity index is 908. The number of carboxylic acid groups (broad SMARTS) is 1. The first-order chi connectivity index (χ1) is 15.9. The molecule has 0 heterocycles. The first-order valence-electron chi connectivity index (χ1n) is 10.4. The molecule has 0 saturated carbocycles. The predicted molar refractivity (Wildman–Crippen MR) is 120 cm³/mol. The highest BCUT2D eigenvalue weighted by Gasteiger charge is 2.17. The SMILES string of the molecule is CCOP(OCC)OCc1ccc(OC(=O)c2ccccc2OC(=O)CCCC(=O)O)cc1. The number of hydrogen-bond donors (Lipinski definition) is 1. The van der Waals surface area contributed by atoms with E-state index in [1.165, 1.54) is 12.1 Å². The molecule has 0 bridgehead atoms. The molecule has 2 aromatic carbocycles. The second-order valence-corrected chi connectivity index (χ2v) is 7.81. The summed E-state index contributed by atoms with van der Waals surface area (Å²) in [5, 5.41) is 8.66. The van der Waals surface area contributed by atoms with Crippen molar-refractivity contribution < 1.29 is 42.5 Å². The standard InChI is InChI=1S/C23H27O9P/c1-3-28-33(29-4-2)30-16-17-12-14-18(15-13-17)31-23(27)19-8-5-6-9-20(19)32-22(26)11-7-10-21(24)25/h5-6,8-9,12-15H,3-4,7,10-11,16H2,1-2H3,(H,24,25). The molecule has 0 aliphatic heterocycles. The van der Waals surface area contributed by atoms with E-state index in [0.29, 0.717) is 19.0 Å². The monoisotopic (exact) mass is 478 g/mol. The molecule has 33 heavy (non-hydrogen) atoms. The van der Waals surface area contributed by atoms with Crippen LogP contribution in [0.25, 0.3) is 0 Å². The molecule has 0 unspecified atom stereocenters. The fourth-order valence-corrected chi connectivity index (χ4v) is 3.45. The highest BCUT2D eigenvalue weighted by atomic mass is 31.2. The number of esters is 2. The van der Waals surface area contributed by atoms with Crippen molar-refractivity contribution in [3.8, 4) is 11.5 Å². The van der Waals surface area contributed by atoms with Crippen molar-refractivity contribution in [2.45, 2.75) is 39.7 Å². The normalized spacial score (nSPS) is 10.8. The molecule has 178 valence electrons. The fourth-order valence-electron chi connectivity index (χ4n) is 2.55. The van der Waals surface area contributed by atoms with E-state index in [-0.39, 0.29) is 37.2 Å². The summed E-state index contributed by atoms with van der Waals surface area (Å²) in [4.78, 5) is 35.1. The van der Waals surface area contributed by atoms with Crippen LogP contribution in [0.5, 0.6) is 11.5 Å². The molecule has 1 N–H and O–H groups in total. The van der Waals surface area contributed by atoms with Crippen molar-refractivity contribution in [1.82, 2.24) is 0 Å². The number of hydrogen-bond acceptors (Lipinski definition) is 8. The molecule has 0 fully saturated rings. The average molecular weight is 478 g/mol. The van der Waals surface area contributed by atoms with Gasteiger partial charge < -0.3 is 28.2 Å². The second-order valence-electron chi connectivity index (χ2n) is 6.58. The van der Waals surface area contributed by atoms with Gasteiger partial charge in [-0.3, -0.25) is 9.59 Å². The lowest BCUT2D eigenvalue weighted by atomic mass is 10.2. The summed E-state index contributed by atoms with van der Waals surface area (Å²) < 4.78 is 27.0. The van der Waals surface area contributed by atoms with Crippen molar-refractivity contribution in [3.63, 3.8) is 0 Å². The Morgan fingerprint density at radius 1 is 0.848 bits per heavy atom. The summed E-state index contributed by atoms with van der Waals surface area (Å²) >= 11 is 0. The van der Waals surface area contributed by atoms with E-state index in [4.69, 9.17) is 28.2 Å². The van der Waals surface area contributed by atoms with Crippen LogP contribution < -0.4 is 9.47 Å². The Morgan fingerprint density at radius 2 is 1.52 bits per heavy atom. The van der Waals surface area contributed by atoms with E-state index in [0.717, 1.165) is 5.56 Å². The fraction of sp³-hybridized carbons (Fsp3) is 0.348. The number of ether oxygens (including phenoxy) is 2. The summed E-state index contributed by atoms with van der Waals surface area (Å²) in [5.74, 6) is -1.95. The minimum Gasteiger partial charge on any atom is -0.481 e. The van der Waals surface area contributed by atoms with Gasteiger partial charge >= 0.3 is 26.5 Å². The van der Waals surface area contributed by atoms with Gasteiger partial charge in [0.25, 0.3) is 0 Å². The van der Waals surface area contributed by atoms with Crippen molar-refractivity contribution in [2.24, 2.45) is 0 Å². The molecule has 0 aromatic heterocycles. The van der Waals surface area contributed by atoms with Gasteiger partial charge in [0.05, 0.1) is 19.8 Å². The zero-order valence-electron chi connectivity index (χ0n) is 18.5. The Kier molecular flexibility index (Phi) is 11.5. The molecule has 0 aliphatic rings. The van der Waals surface area contributed by atoms with Gasteiger partial charge in [0.2, 0.25) is 0 Å². The summed E-state index contributed by atoms with van der Waals surface area (Å²) in [6.07, 6.45) is -0.0688. The Morgan fingerprint density at radius 3 is 2.15 bits per heavy atom. The Balaban J connectivity index is 1.94. The Labute approximate surface area is 193 Å². The third-order valence-corrected chi connectivity index (χ3v) is 5.32. The van der Waals surface area contributed by atoms with E-state index in [1.54, 1.807) is 36.4 Å². The van der Waals surface area contributed by atoms with E-state index >= 15 is 0 Å². The molecular formula is C23H27O9P. The van der Waals surface area contributed by atoms with Crippen molar-refractivity contribution in [3.05, 3.63) is 59.7 Å². The maximum Gasteiger partial charge on any atom is 0.347 e. The zero-order valence-corrected chi connectivity index (χ0v) is 19.4. The number of carbonyl (C=O) groups is 3. The third-order valence-electron chi connectivity index (χ3n) is 4.04. The quantitative estimate of drug-likeness (QED) is 0.230. The molecule has 0 atom stereocenters. The van der Waals surface area contributed by atoms with Gasteiger partial charge in [0, 0.05) is 12.8 Å². The molecule has 0 aliphatic carbocycles. The molecule has 2 aromatic rings. The van der Waals surface area contributed by atoms with E-state index < -0.39 is 26.5 Å². The first-order valence-corrected chi connectivity index (χ1v) is 11.5. The minimum atomic E-state index is -1.41. The van der Waals surface area contributed by atoms with Crippen LogP contribution in [0, 0.1) is 0 Å². The third kappa shape index (κ3) is 9.67.